The number of carbonyl (C=O) groups excluding carboxylic acids is 3. The molecule has 0 bridgehead atoms. The van der Waals surface area contributed by atoms with Crippen molar-refractivity contribution in [3.63, 3.8) is 0 Å². The van der Waals surface area contributed by atoms with Crippen molar-refractivity contribution in [1.29, 1.82) is 0 Å². The van der Waals surface area contributed by atoms with Crippen molar-refractivity contribution in [3.05, 3.63) is 82.2 Å². The highest BCUT2D eigenvalue weighted by Gasteiger charge is 2.18. The maximum atomic E-state index is 12.4. The van der Waals surface area contributed by atoms with Crippen molar-refractivity contribution in [2.75, 3.05) is 17.2 Å². The van der Waals surface area contributed by atoms with Gasteiger partial charge in [0.15, 0.2) is 12.4 Å². The number of halogens is 2. The summed E-state index contributed by atoms with van der Waals surface area (Å²) >= 11 is 12.0. The van der Waals surface area contributed by atoms with Crippen LogP contribution in [0.4, 0.5) is 11.4 Å². The maximum Gasteiger partial charge on any atom is 0.340 e. The number of amides is 2. The van der Waals surface area contributed by atoms with Crippen LogP contribution in [0.2, 0.25) is 10.0 Å². The SMILES string of the molecule is O=C(COC(=O)c1ccccc1NC(=O)c1ccco1)Nc1c(Cl)cccc1Cl. The molecule has 0 aliphatic heterocycles. The minimum atomic E-state index is -0.791. The molecule has 2 N–H and O–H groups in total. The normalized spacial score (nSPS) is 10.3. The van der Waals surface area contributed by atoms with E-state index in [1.54, 1.807) is 36.4 Å². The highest BCUT2D eigenvalue weighted by atomic mass is 35.5. The average molecular weight is 433 g/mol. The number of anilines is 2. The van der Waals surface area contributed by atoms with Gasteiger partial charge in [0.25, 0.3) is 11.8 Å². The number of rotatable bonds is 6. The lowest BCUT2D eigenvalue weighted by Crippen LogP contribution is -2.22. The van der Waals surface area contributed by atoms with Crippen molar-refractivity contribution in [2.45, 2.75) is 0 Å². The second kappa shape index (κ2) is 9.27. The van der Waals surface area contributed by atoms with E-state index in [0.717, 1.165) is 0 Å². The van der Waals surface area contributed by atoms with E-state index in [2.05, 4.69) is 10.6 Å². The van der Waals surface area contributed by atoms with E-state index in [1.807, 2.05) is 0 Å². The zero-order chi connectivity index (χ0) is 20.8. The molecule has 7 nitrogen and oxygen atoms in total. The van der Waals surface area contributed by atoms with Crippen LogP contribution in [0.15, 0.2) is 65.3 Å². The highest BCUT2D eigenvalue weighted by Crippen LogP contribution is 2.29. The summed E-state index contributed by atoms with van der Waals surface area (Å²) in [5.41, 5.74) is 0.521. The first kappa shape index (κ1) is 20.4. The molecule has 3 rings (SSSR count). The molecular formula is C20H14Cl2N2O5. The van der Waals surface area contributed by atoms with Crippen LogP contribution in [0, 0.1) is 0 Å². The predicted molar refractivity (Wildman–Crippen MR) is 108 cm³/mol. The zero-order valence-corrected chi connectivity index (χ0v) is 16.3. The lowest BCUT2D eigenvalue weighted by Gasteiger charge is -2.11. The van der Waals surface area contributed by atoms with Crippen molar-refractivity contribution in [1.82, 2.24) is 0 Å². The number of benzene rings is 2. The van der Waals surface area contributed by atoms with Crippen LogP contribution in [0.3, 0.4) is 0 Å². The van der Waals surface area contributed by atoms with E-state index in [1.165, 1.54) is 24.5 Å². The Morgan fingerprint density at radius 1 is 0.897 bits per heavy atom. The van der Waals surface area contributed by atoms with Crippen LogP contribution in [0.25, 0.3) is 0 Å². The summed E-state index contributed by atoms with van der Waals surface area (Å²) in [6.45, 7) is -0.569. The summed E-state index contributed by atoms with van der Waals surface area (Å²) in [5.74, 6) is -1.85. The van der Waals surface area contributed by atoms with Gasteiger partial charge in [-0.3, -0.25) is 9.59 Å². The number of para-hydroxylation sites is 2. The number of hydrogen-bond donors (Lipinski definition) is 2. The summed E-state index contributed by atoms with van der Waals surface area (Å²) in [7, 11) is 0. The molecule has 3 aromatic rings. The van der Waals surface area contributed by atoms with E-state index in [9.17, 15) is 14.4 Å². The molecule has 148 valence electrons. The molecule has 0 unspecified atom stereocenters. The Hall–Kier alpha value is -3.29. The smallest absolute Gasteiger partial charge is 0.340 e. The van der Waals surface area contributed by atoms with Gasteiger partial charge in [-0.25, -0.2) is 4.79 Å². The largest absolute Gasteiger partial charge is 0.459 e. The van der Waals surface area contributed by atoms with Gasteiger partial charge in [0, 0.05) is 0 Å². The van der Waals surface area contributed by atoms with Gasteiger partial charge in [0.1, 0.15) is 0 Å². The van der Waals surface area contributed by atoms with E-state index < -0.39 is 24.4 Å². The van der Waals surface area contributed by atoms with Crippen molar-refractivity contribution < 1.29 is 23.5 Å². The fourth-order valence-electron chi connectivity index (χ4n) is 2.36. The number of esters is 1. The number of furan rings is 1. The molecule has 0 radical (unpaired) electrons. The van der Waals surface area contributed by atoms with E-state index in [-0.39, 0.29) is 32.7 Å². The molecule has 0 aliphatic rings. The van der Waals surface area contributed by atoms with Crippen molar-refractivity contribution in [2.24, 2.45) is 0 Å². The summed E-state index contributed by atoms with van der Waals surface area (Å²) in [6, 6.07) is 14.0. The van der Waals surface area contributed by atoms with Gasteiger partial charge in [-0.1, -0.05) is 41.4 Å². The number of ether oxygens (including phenoxy) is 1. The molecule has 0 aliphatic carbocycles. The molecule has 0 saturated carbocycles. The molecule has 0 fully saturated rings. The van der Waals surface area contributed by atoms with Crippen LogP contribution < -0.4 is 10.6 Å². The predicted octanol–water partition coefficient (Wildman–Crippen LogP) is 4.63. The first-order chi connectivity index (χ1) is 14.0. The van der Waals surface area contributed by atoms with Gasteiger partial charge in [-0.2, -0.15) is 0 Å². The molecule has 9 heteroatoms. The number of carbonyl (C=O) groups is 3. The Morgan fingerprint density at radius 2 is 1.62 bits per heavy atom. The number of nitrogens with one attached hydrogen (secondary N) is 2. The minimum absolute atomic E-state index is 0.0796. The first-order valence-corrected chi connectivity index (χ1v) is 9.06. The Labute approximate surface area is 175 Å². The molecule has 0 spiro atoms. The second-order valence-corrected chi connectivity index (χ2v) is 6.51. The van der Waals surface area contributed by atoms with Crippen LogP contribution >= 0.6 is 23.2 Å². The monoisotopic (exact) mass is 432 g/mol. The summed E-state index contributed by atoms with van der Waals surface area (Å²) in [4.78, 5) is 36.6. The third kappa shape index (κ3) is 5.16. The van der Waals surface area contributed by atoms with Crippen molar-refractivity contribution in [3.8, 4) is 0 Å². The molecule has 2 amide bonds. The van der Waals surface area contributed by atoms with Crippen LogP contribution in [0.5, 0.6) is 0 Å². The van der Waals surface area contributed by atoms with Crippen LogP contribution in [-0.4, -0.2) is 24.4 Å². The van der Waals surface area contributed by atoms with Gasteiger partial charge in [-0.15, -0.1) is 0 Å². The Balaban J connectivity index is 1.64. The third-order valence-corrected chi connectivity index (χ3v) is 4.33. The fourth-order valence-corrected chi connectivity index (χ4v) is 2.86. The van der Waals surface area contributed by atoms with E-state index in [0.29, 0.717) is 0 Å². The van der Waals surface area contributed by atoms with E-state index >= 15 is 0 Å². The quantitative estimate of drug-likeness (QED) is 0.553. The van der Waals surface area contributed by atoms with Gasteiger partial charge < -0.3 is 19.8 Å². The Kier molecular flexibility index (Phi) is 6.54. The molecule has 1 heterocycles. The Morgan fingerprint density at radius 3 is 2.31 bits per heavy atom. The van der Waals surface area contributed by atoms with Gasteiger partial charge in [-0.05, 0) is 36.4 Å². The Bertz CT molecular complexity index is 1030. The zero-order valence-electron chi connectivity index (χ0n) is 14.8. The van der Waals surface area contributed by atoms with Crippen LogP contribution in [-0.2, 0) is 9.53 Å². The minimum Gasteiger partial charge on any atom is -0.459 e. The standard InChI is InChI=1S/C20H14Cl2N2O5/c21-13-6-3-7-14(22)18(13)24-17(25)11-29-20(27)12-5-1-2-8-15(12)23-19(26)16-9-4-10-28-16/h1-10H,11H2,(H,23,26)(H,24,25). The fraction of sp³-hybridized carbons (Fsp3) is 0.0500. The average Bonchev–Trinajstić information content (AvgIpc) is 3.24. The van der Waals surface area contributed by atoms with E-state index in [4.69, 9.17) is 32.4 Å². The van der Waals surface area contributed by atoms with Crippen LogP contribution in [0.1, 0.15) is 20.9 Å². The molecule has 2 aromatic carbocycles. The van der Waals surface area contributed by atoms with Crippen molar-refractivity contribution >= 4 is 52.4 Å². The topological polar surface area (TPSA) is 97.6 Å². The lowest BCUT2D eigenvalue weighted by molar-refractivity contribution is -0.119. The lowest BCUT2D eigenvalue weighted by atomic mass is 10.1. The molecule has 0 atom stereocenters. The highest BCUT2D eigenvalue weighted by molar-refractivity contribution is 6.39. The molecule has 1 aromatic heterocycles. The first-order valence-electron chi connectivity index (χ1n) is 8.30. The molecule has 0 saturated heterocycles. The molecular weight excluding hydrogens is 419 g/mol. The second-order valence-electron chi connectivity index (χ2n) is 5.70. The van der Waals surface area contributed by atoms with Gasteiger partial charge in [0.2, 0.25) is 0 Å². The summed E-state index contributed by atoms with van der Waals surface area (Å²) < 4.78 is 10.1. The summed E-state index contributed by atoms with van der Waals surface area (Å²) in [6.07, 6.45) is 1.36. The maximum absolute atomic E-state index is 12.4. The third-order valence-electron chi connectivity index (χ3n) is 3.70. The summed E-state index contributed by atoms with van der Waals surface area (Å²) in [5, 5.41) is 5.56. The van der Waals surface area contributed by atoms with Gasteiger partial charge >= 0.3 is 5.97 Å². The number of hydrogen-bond acceptors (Lipinski definition) is 5. The molecule has 29 heavy (non-hydrogen) atoms. The van der Waals surface area contributed by atoms with Gasteiger partial charge in [0.05, 0.1) is 33.2 Å².